The molecule has 0 spiro atoms. The van der Waals surface area contributed by atoms with Gasteiger partial charge in [-0.15, -0.1) is 10.1 Å². The average molecular weight is 1070 g/mol. The van der Waals surface area contributed by atoms with Crippen molar-refractivity contribution in [3.05, 3.63) is 107 Å². The van der Waals surface area contributed by atoms with Gasteiger partial charge >= 0.3 is 11.9 Å². The standard InChI is InChI=1S/C55H60N4O14S2/c1-34-30-39-38(43(31-34)75(69,70)71)21-23-42-52(39)54(3,4)44(57(42)29-15-9-13-19-51(65)73-59-48(62)26-27-49(59)63)16-10-7-11-17-45-55(5,6)53-40-33-36(74(66,67)68)32-35(2)37(40)20-22-41(53)56(45)28-14-8-12-18-50(64)72-58-46(60)24-25-47(58)61/h7,10-11,16-17,20-23,30-33H,8-9,12-15,18-19,24-29H2,1-6H3,(H-,66,67,68,69,70,71)/p+1. The van der Waals surface area contributed by atoms with Gasteiger partial charge in [-0.25, -0.2) is 9.59 Å². The minimum Gasteiger partial charge on any atom is -0.344 e. The van der Waals surface area contributed by atoms with Crippen molar-refractivity contribution in [1.29, 1.82) is 0 Å². The van der Waals surface area contributed by atoms with E-state index in [2.05, 4.69) is 37.2 Å². The lowest BCUT2D eigenvalue weighted by Crippen LogP contribution is -2.32. The van der Waals surface area contributed by atoms with E-state index in [0.717, 1.165) is 39.3 Å². The Kier molecular flexibility index (Phi) is 15.3. The molecule has 8 rings (SSSR count). The Labute approximate surface area is 435 Å². The summed E-state index contributed by atoms with van der Waals surface area (Å²) in [5, 5.41) is 3.66. The van der Waals surface area contributed by atoms with E-state index in [1.807, 2.05) is 54.6 Å². The van der Waals surface area contributed by atoms with Crippen LogP contribution in [0.3, 0.4) is 0 Å². The van der Waals surface area contributed by atoms with Crippen LogP contribution in [0, 0.1) is 13.8 Å². The van der Waals surface area contributed by atoms with Gasteiger partial charge in [-0.05, 0) is 123 Å². The number of carbonyl (C=O) groups is 6. The van der Waals surface area contributed by atoms with Gasteiger partial charge in [-0.1, -0.05) is 50.6 Å². The van der Waals surface area contributed by atoms with Gasteiger partial charge in [0.1, 0.15) is 11.4 Å². The molecule has 0 atom stereocenters. The zero-order valence-corrected chi connectivity index (χ0v) is 44.4. The highest BCUT2D eigenvalue weighted by atomic mass is 32.2. The summed E-state index contributed by atoms with van der Waals surface area (Å²) in [6.07, 6.45) is 13.1. The van der Waals surface area contributed by atoms with E-state index >= 15 is 0 Å². The van der Waals surface area contributed by atoms with Crippen molar-refractivity contribution in [3.63, 3.8) is 0 Å². The number of nitrogens with zero attached hydrogens (tertiary/aromatic N) is 4. The number of aryl methyl sites for hydroxylation is 2. The number of benzene rings is 4. The van der Waals surface area contributed by atoms with Crippen LogP contribution >= 0.6 is 0 Å². The number of rotatable bonds is 19. The van der Waals surface area contributed by atoms with Crippen LogP contribution in [0.2, 0.25) is 0 Å². The summed E-state index contributed by atoms with van der Waals surface area (Å²) in [4.78, 5) is 84.9. The fraction of sp³-hybridized carbons (Fsp3) is 0.400. The van der Waals surface area contributed by atoms with Gasteiger partial charge in [0.15, 0.2) is 5.71 Å². The molecule has 2 fully saturated rings. The van der Waals surface area contributed by atoms with Gasteiger partial charge in [0.25, 0.3) is 43.9 Å². The monoisotopic (exact) mass is 1070 g/mol. The summed E-state index contributed by atoms with van der Waals surface area (Å²) in [5.74, 6) is -3.52. The molecule has 4 aromatic carbocycles. The summed E-state index contributed by atoms with van der Waals surface area (Å²) < 4.78 is 72.9. The topological polar surface area (TPSA) is 242 Å². The predicted molar refractivity (Wildman–Crippen MR) is 278 cm³/mol. The lowest BCUT2D eigenvalue weighted by Gasteiger charge is -2.27. The molecule has 4 aromatic rings. The van der Waals surface area contributed by atoms with E-state index in [1.165, 1.54) is 18.2 Å². The first-order chi connectivity index (χ1) is 35.3. The summed E-state index contributed by atoms with van der Waals surface area (Å²) in [7, 11) is -9.11. The molecule has 0 aliphatic carbocycles. The van der Waals surface area contributed by atoms with E-state index in [9.17, 15) is 54.7 Å². The third kappa shape index (κ3) is 11.0. The number of fused-ring (bicyclic) bond motifs is 6. The molecule has 0 radical (unpaired) electrons. The highest BCUT2D eigenvalue weighted by Crippen LogP contribution is 2.52. The van der Waals surface area contributed by atoms with Crippen molar-refractivity contribution >= 4 is 94.4 Å². The minimum atomic E-state index is -4.57. The maximum atomic E-state index is 12.7. The van der Waals surface area contributed by atoms with E-state index in [1.54, 1.807) is 19.9 Å². The number of hydrogen-bond acceptors (Lipinski definition) is 13. The van der Waals surface area contributed by atoms with Crippen molar-refractivity contribution in [2.45, 2.75) is 139 Å². The first kappa shape index (κ1) is 54.4. The second kappa shape index (κ2) is 21.0. The number of anilines is 1. The predicted octanol–water partition coefficient (Wildman–Crippen LogP) is 8.61. The van der Waals surface area contributed by atoms with Crippen molar-refractivity contribution in [3.8, 4) is 0 Å². The summed E-state index contributed by atoms with van der Waals surface area (Å²) >= 11 is 0. The number of carbonyl (C=O) groups excluding carboxylic acids is 6. The molecule has 18 nitrogen and oxygen atoms in total. The average Bonchev–Trinajstić information content (AvgIpc) is 3.97. The fourth-order valence-electron chi connectivity index (χ4n) is 10.9. The van der Waals surface area contributed by atoms with Crippen molar-refractivity contribution in [1.82, 2.24) is 10.1 Å². The quantitative estimate of drug-likeness (QED) is 0.0294. The molecular weight excluding hydrogens is 1000 g/mol. The molecule has 4 heterocycles. The van der Waals surface area contributed by atoms with E-state index < -0.39 is 66.6 Å². The molecule has 4 aliphatic heterocycles. The summed E-state index contributed by atoms with van der Waals surface area (Å²) in [6, 6.07) is 13.8. The minimum absolute atomic E-state index is 0.00241. The van der Waals surface area contributed by atoms with Crippen molar-refractivity contribution in [2.24, 2.45) is 0 Å². The lowest BCUT2D eigenvalue weighted by molar-refractivity contribution is -0.438. The highest BCUT2D eigenvalue weighted by molar-refractivity contribution is 7.86. The van der Waals surface area contributed by atoms with E-state index in [0.29, 0.717) is 89.0 Å². The third-order valence-electron chi connectivity index (χ3n) is 14.4. The Morgan fingerprint density at radius 3 is 1.80 bits per heavy atom. The molecule has 20 heteroatoms. The lowest BCUT2D eigenvalue weighted by atomic mass is 9.78. The normalized spacial score (nSPS) is 18.1. The summed E-state index contributed by atoms with van der Waals surface area (Å²) in [6.45, 7) is 12.8. The Morgan fingerprint density at radius 2 is 1.21 bits per heavy atom. The number of hydrogen-bond donors (Lipinski definition) is 2. The molecular formula is C55H61N4O14S2+. The second-order valence-electron chi connectivity index (χ2n) is 20.5. The molecule has 4 amide bonds. The second-order valence-corrected chi connectivity index (χ2v) is 23.3. The van der Waals surface area contributed by atoms with Gasteiger partial charge in [0, 0.05) is 91.4 Å². The van der Waals surface area contributed by atoms with E-state index in [-0.39, 0.29) is 48.3 Å². The molecule has 2 saturated heterocycles. The van der Waals surface area contributed by atoms with Crippen LogP contribution in [0.1, 0.15) is 127 Å². The Bertz CT molecular complexity index is 3430. The highest BCUT2D eigenvalue weighted by Gasteiger charge is 2.46. The number of hydroxylamine groups is 4. The number of amides is 4. The van der Waals surface area contributed by atoms with Gasteiger partial charge in [-0.2, -0.15) is 21.4 Å². The molecule has 2 N–H and O–H groups in total. The fourth-order valence-corrected chi connectivity index (χ4v) is 12.3. The number of unbranched alkanes of at least 4 members (excludes halogenated alkanes) is 4. The van der Waals surface area contributed by atoms with Gasteiger partial charge in [0.2, 0.25) is 5.69 Å². The van der Waals surface area contributed by atoms with Crippen LogP contribution in [0.15, 0.2) is 94.4 Å². The van der Waals surface area contributed by atoms with Crippen LogP contribution in [0.5, 0.6) is 0 Å². The van der Waals surface area contributed by atoms with Crippen LogP contribution in [0.25, 0.3) is 21.5 Å². The first-order valence-corrected chi connectivity index (χ1v) is 27.9. The maximum Gasteiger partial charge on any atom is 0.333 e. The van der Waals surface area contributed by atoms with Gasteiger partial charge in [-0.3, -0.25) is 28.3 Å². The third-order valence-corrected chi connectivity index (χ3v) is 16.2. The Balaban J connectivity index is 1.08. The van der Waals surface area contributed by atoms with Gasteiger partial charge < -0.3 is 14.6 Å². The molecule has 0 aromatic heterocycles. The van der Waals surface area contributed by atoms with Crippen LogP contribution in [-0.4, -0.2) is 95.0 Å². The van der Waals surface area contributed by atoms with Crippen molar-refractivity contribution in [2.75, 3.05) is 18.0 Å². The SMILES string of the molecule is Cc1cc(S(=O)(=O)O)c2ccc3c(c2c1)C(C)(C)\C(=C/C=C/C=C/C1=[N+](CCCCCC(=O)ON2C(=O)CCC2=O)c2ccc4c(C)cc(S(=O)(=O)O)cc4c2C1(C)C)N3CCCCCC(=O)ON1C(=O)CCC1=O. The van der Waals surface area contributed by atoms with Crippen LogP contribution in [-0.2, 0) is 69.5 Å². The first-order valence-electron chi connectivity index (χ1n) is 25.0. The zero-order valence-electron chi connectivity index (χ0n) is 42.8. The van der Waals surface area contributed by atoms with Crippen LogP contribution in [0.4, 0.5) is 11.4 Å². The zero-order chi connectivity index (χ0) is 54.4. The number of imide groups is 2. The smallest absolute Gasteiger partial charge is 0.333 e. The van der Waals surface area contributed by atoms with Crippen molar-refractivity contribution < 1.29 is 69.0 Å². The molecule has 396 valence electrons. The van der Waals surface area contributed by atoms with E-state index in [4.69, 9.17) is 9.68 Å². The van der Waals surface area contributed by atoms with Crippen LogP contribution < -0.4 is 4.90 Å². The molecule has 4 aliphatic rings. The summed E-state index contributed by atoms with van der Waals surface area (Å²) in [5.41, 5.74) is 5.20. The Morgan fingerprint density at radius 1 is 0.640 bits per heavy atom. The molecule has 75 heavy (non-hydrogen) atoms. The molecule has 0 bridgehead atoms. The van der Waals surface area contributed by atoms with Gasteiger partial charge in [0.05, 0.1) is 10.3 Å². The Hall–Kier alpha value is -6.87. The number of allylic oxidation sites excluding steroid dienone is 6. The molecule has 0 saturated carbocycles. The maximum absolute atomic E-state index is 12.7. The molecule has 0 unspecified atom stereocenters. The largest absolute Gasteiger partial charge is 0.344 e.